The minimum atomic E-state index is -0.983. The Morgan fingerprint density at radius 2 is 2.13 bits per heavy atom. The average molecular weight is 332 g/mol. The van der Waals surface area contributed by atoms with Crippen LogP contribution in [0.4, 0.5) is 0 Å². The van der Waals surface area contributed by atoms with E-state index in [0.717, 1.165) is 23.9 Å². The number of fused-ring (bicyclic) bond motifs is 4. The highest BCUT2D eigenvalue weighted by Crippen LogP contribution is 2.40. The van der Waals surface area contributed by atoms with Crippen molar-refractivity contribution in [2.45, 2.75) is 43.4 Å². The third-order valence-corrected chi connectivity index (χ3v) is 5.66. The van der Waals surface area contributed by atoms with Gasteiger partial charge in [-0.3, -0.25) is 9.00 Å². The van der Waals surface area contributed by atoms with Crippen LogP contribution < -0.4 is 5.32 Å². The van der Waals surface area contributed by atoms with Crippen LogP contribution in [0.15, 0.2) is 12.3 Å². The molecule has 1 unspecified atom stereocenters. The Morgan fingerprint density at radius 1 is 1.35 bits per heavy atom. The maximum Gasteiger partial charge on any atom is 0.268 e. The van der Waals surface area contributed by atoms with Crippen molar-refractivity contribution in [3.8, 4) is 0 Å². The fourth-order valence-electron chi connectivity index (χ4n) is 3.95. The summed E-state index contributed by atoms with van der Waals surface area (Å²) in [4.78, 5) is 21.3. The van der Waals surface area contributed by atoms with Crippen molar-refractivity contribution in [2.24, 2.45) is 0 Å². The zero-order chi connectivity index (χ0) is 16.0. The topological polar surface area (TPSA) is 76.9 Å². The summed E-state index contributed by atoms with van der Waals surface area (Å²) in [5, 5.41) is 3.93. The van der Waals surface area contributed by atoms with Crippen molar-refractivity contribution < 1.29 is 9.00 Å². The number of carbonyl (C=O) groups is 1. The van der Waals surface area contributed by atoms with Gasteiger partial charge < -0.3 is 9.88 Å². The van der Waals surface area contributed by atoms with Crippen LogP contribution in [0.2, 0.25) is 0 Å². The first kappa shape index (κ1) is 14.8. The average Bonchev–Trinajstić information content (AvgIpc) is 2.92. The molecule has 1 aliphatic carbocycles. The van der Waals surface area contributed by atoms with E-state index in [1.165, 1.54) is 19.3 Å². The Hall–Kier alpha value is -1.76. The zero-order valence-electron chi connectivity index (χ0n) is 13.2. The van der Waals surface area contributed by atoms with E-state index in [4.69, 9.17) is 0 Å². The van der Waals surface area contributed by atoms with Crippen molar-refractivity contribution in [1.29, 1.82) is 0 Å². The van der Waals surface area contributed by atoms with Gasteiger partial charge in [0.15, 0.2) is 0 Å². The minimum Gasteiger partial charge on any atom is -0.348 e. The Balaban J connectivity index is 1.92. The Kier molecular flexibility index (Phi) is 3.48. The lowest BCUT2D eigenvalue weighted by Crippen LogP contribution is -2.52. The third-order valence-electron chi connectivity index (χ3n) is 4.99. The number of nitrogens with one attached hydrogen (secondary N) is 1. The van der Waals surface area contributed by atoms with Gasteiger partial charge in [-0.05, 0) is 18.9 Å². The highest BCUT2D eigenvalue weighted by Gasteiger charge is 2.41. The van der Waals surface area contributed by atoms with E-state index in [1.807, 2.05) is 6.07 Å². The van der Waals surface area contributed by atoms with Crippen LogP contribution in [-0.4, -0.2) is 37.5 Å². The molecule has 1 fully saturated rings. The lowest BCUT2D eigenvalue weighted by Gasteiger charge is -2.42. The zero-order valence-corrected chi connectivity index (χ0v) is 14.0. The van der Waals surface area contributed by atoms with Gasteiger partial charge in [0.2, 0.25) is 0 Å². The number of aromatic nitrogens is 3. The summed E-state index contributed by atoms with van der Waals surface area (Å²) < 4.78 is 13.6. The number of rotatable bonds is 2. The Bertz CT molecular complexity index is 808. The van der Waals surface area contributed by atoms with Gasteiger partial charge in [0.25, 0.3) is 5.91 Å². The van der Waals surface area contributed by atoms with Gasteiger partial charge in [-0.15, -0.1) is 0 Å². The summed E-state index contributed by atoms with van der Waals surface area (Å²) in [6.45, 7) is 0.668. The molecule has 6 nitrogen and oxygen atoms in total. The summed E-state index contributed by atoms with van der Waals surface area (Å²) in [6.07, 6.45) is 9.11. The van der Waals surface area contributed by atoms with Crippen molar-refractivity contribution >= 4 is 27.7 Å². The first-order valence-corrected chi connectivity index (χ1v) is 9.78. The lowest BCUT2D eigenvalue weighted by molar-refractivity contribution is 0.0833. The first-order valence-electron chi connectivity index (χ1n) is 8.05. The van der Waals surface area contributed by atoms with Crippen molar-refractivity contribution in [3.05, 3.63) is 23.8 Å². The van der Waals surface area contributed by atoms with Gasteiger partial charge in [-0.2, -0.15) is 0 Å². The SMILES string of the molecule is CS(=O)Cc1ncc2cc3n(c2n1)C1(CCCCC1)CNC3=O. The molecule has 1 N–H and O–H groups in total. The fraction of sp³-hybridized carbons (Fsp3) is 0.562. The maximum absolute atomic E-state index is 12.3. The normalized spacial score (nSPS) is 21.2. The van der Waals surface area contributed by atoms with E-state index in [2.05, 4.69) is 19.9 Å². The lowest BCUT2D eigenvalue weighted by atomic mass is 9.80. The van der Waals surface area contributed by atoms with Gasteiger partial charge in [0, 0.05) is 35.2 Å². The highest BCUT2D eigenvalue weighted by molar-refractivity contribution is 7.83. The van der Waals surface area contributed by atoms with E-state index in [-0.39, 0.29) is 11.4 Å². The molecule has 4 rings (SSSR count). The number of hydrogen-bond acceptors (Lipinski definition) is 4. The fourth-order valence-corrected chi connectivity index (χ4v) is 4.45. The predicted octanol–water partition coefficient (Wildman–Crippen LogP) is 1.71. The summed E-state index contributed by atoms with van der Waals surface area (Å²) in [6, 6.07) is 1.88. The van der Waals surface area contributed by atoms with Crippen molar-refractivity contribution in [1.82, 2.24) is 19.9 Å². The number of nitrogens with zero attached hydrogens (tertiary/aromatic N) is 3. The second kappa shape index (κ2) is 5.40. The molecule has 2 aromatic rings. The van der Waals surface area contributed by atoms with Crippen LogP contribution >= 0.6 is 0 Å². The molecule has 2 aliphatic rings. The molecule has 1 amide bonds. The van der Waals surface area contributed by atoms with Gasteiger partial charge in [0.05, 0.1) is 11.3 Å². The highest BCUT2D eigenvalue weighted by atomic mass is 32.2. The maximum atomic E-state index is 12.3. The molecular formula is C16H20N4O2S. The molecule has 3 heterocycles. The van der Waals surface area contributed by atoms with Crippen LogP contribution in [0.25, 0.3) is 11.0 Å². The van der Waals surface area contributed by atoms with Gasteiger partial charge >= 0.3 is 0 Å². The van der Waals surface area contributed by atoms with E-state index in [9.17, 15) is 9.00 Å². The molecule has 122 valence electrons. The molecular weight excluding hydrogens is 312 g/mol. The summed E-state index contributed by atoms with van der Waals surface area (Å²) in [5.41, 5.74) is 1.42. The third kappa shape index (κ3) is 2.38. The molecule has 0 radical (unpaired) electrons. The van der Waals surface area contributed by atoms with Gasteiger partial charge in [-0.25, -0.2) is 9.97 Å². The monoisotopic (exact) mass is 332 g/mol. The minimum absolute atomic E-state index is 0.0418. The quantitative estimate of drug-likeness (QED) is 0.908. The standard InChI is InChI=1S/C16H20N4O2S/c1-23(22)9-13-17-8-11-7-12-15(21)18-10-16(5-3-2-4-6-16)20(12)14(11)19-13/h7-8H,2-6,9-10H2,1H3,(H,18,21). The Labute approximate surface area is 137 Å². The van der Waals surface area contributed by atoms with Crippen LogP contribution in [0.3, 0.4) is 0 Å². The smallest absolute Gasteiger partial charge is 0.268 e. The molecule has 1 saturated carbocycles. The molecule has 0 aromatic carbocycles. The van der Waals surface area contributed by atoms with E-state index >= 15 is 0 Å². The van der Waals surface area contributed by atoms with Gasteiger partial charge in [0.1, 0.15) is 17.2 Å². The number of amides is 1. The number of carbonyl (C=O) groups excluding carboxylic acids is 1. The molecule has 7 heteroatoms. The van der Waals surface area contributed by atoms with E-state index in [1.54, 1.807) is 12.5 Å². The van der Waals surface area contributed by atoms with Gasteiger partial charge in [-0.1, -0.05) is 19.3 Å². The molecule has 0 bridgehead atoms. The Morgan fingerprint density at radius 3 is 2.87 bits per heavy atom. The summed E-state index contributed by atoms with van der Waals surface area (Å²) >= 11 is 0. The summed E-state index contributed by atoms with van der Waals surface area (Å²) in [5.74, 6) is 0.881. The summed E-state index contributed by atoms with van der Waals surface area (Å²) in [7, 11) is -0.983. The molecule has 1 spiro atoms. The molecule has 23 heavy (non-hydrogen) atoms. The number of hydrogen-bond donors (Lipinski definition) is 1. The molecule has 2 aromatic heterocycles. The van der Waals surface area contributed by atoms with Crippen LogP contribution in [-0.2, 0) is 22.1 Å². The van der Waals surface area contributed by atoms with E-state index < -0.39 is 10.8 Å². The second-order valence-electron chi connectivity index (χ2n) is 6.62. The van der Waals surface area contributed by atoms with Crippen LogP contribution in [0.5, 0.6) is 0 Å². The van der Waals surface area contributed by atoms with E-state index in [0.29, 0.717) is 23.8 Å². The second-order valence-corrected chi connectivity index (χ2v) is 8.05. The largest absolute Gasteiger partial charge is 0.348 e. The molecule has 1 aliphatic heterocycles. The first-order chi connectivity index (χ1) is 11.1. The molecule has 1 atom stereocenters. The van der Waals surface area contributed by atoms with Crippen LogP contribution in [0, 0.1) is 0 Å². The van der Waals surface area contributed by atoms with Crippen molar-refractivity contribution in [2.75, 3.05) is 12.8 Å². The van der Waals surface area contributed by atoms with Crippen LogP contribution in [0.1, 0.15) is 48.4 Å². The predicted molar refractivity (Wildman–Crippen MR) is 88.7 cm³/mol. The van der Waals surface area contributed by atoms with Crippen molar-refractivity contribution in [3.63, 3.8) is 0 Å². The molecule has 0 saturated heterocycles.